The lowest BCUT2D eigenvalue weighted by atomic mass is 10.1. The van der Waals surface area contributed by atoms with Crippen molar-refractivity contribution < 1.29 is 23.5 Å². The van der Waals surface area contributed by atoms with Crippen LogP contribution in [0.2, 0.25) is 0 Å². The van der Waals surface area contributed by atoms with Crippen molar-refractivity contribution >= 4 is 28.5 Å². The molecule has 1 aromatic carbocycles. The van der Waals surface area contributed by atoms with E-state index < -0.39 is 17.4 Å². The van der Waals surface area contributed by atoms with Crippen molar-refractivity contribution in [1.82, 2.24) is 15.1 Å². The highest BCUT2D eigenvalue weighted by atomic mass is 16.5. The summed E-state index contributed by atoms with van der Waals surface area (Å²) in [5.41, 5.74) is -0.0581. The third-order valence-corrected chi connectivity index (χ3v) is 4.34. The lowest BCUT2D eigenvalue weighted by Crippen LogP contribution is -2.28. The summed E-state index contributed by atoms with van der Waals surface area (Å²) in [5, 5.41) is 9.99. The van der Waals surface area contributed by atoms with Crippen LogP contribution in [0.1, 0.15) is 27.8 Å². The first kappa shape index (κ1) is 21.1. The maximum absolute atomic E-state index is 13.0. The number of carbonyl (C=O) groups excluding carboxylic acids is 2. The smallest absolute Gasteiger partial charge is 0.337 e. The van der Waals surface area contributed by atoms with Gasteiger partial charge in [-0.3, -0.25) is 14.3 Å². The Bertz CT molecular complexity index is 1130. The minimum atomic E-state index is -0.678. The normalized spacial score (nSPS) is 10.8. The van der Waals surface area contributed by atoms with E-state index in [0.29, 0.717) is 30.8 Å². The number of rotatable bonds is 8. The second kappa shape index (κ2) is 9.23. The fourth-order valence-corrected chi connectivity index (χ4v) is 2.84. The fourth-order valence-electron chi connectivity index (χ4n) is 2.84. The molecule has 3 rings (SSSR count). The minimum Gasteiger partial charge on any atom is -0.497 e. The summed E-state index contributed by atoms with van der Waals surface area (Å²) in [6.07, 6.45) is 1.56. The number of fused-ring (bicyclic) bond motifs is 1. The number of amides is 2. The highest BCUT2D eigenvalue weighted by Gasteiger charge is 2.21. The maximum atomic E-state index is 13.0. The number of anilines is 1. The molecule has 0 spiro atoms. The molecule has 2 amide bonds. The van der Waals surface area contributed by atoms with Gasteiger partial charge in [0.05, 0.1) is 25.0 Å². The molecule has 10 heteroatoms. The first-order valence-corrected chi connectivity index (χ1v) is 9.24. The number of nitrogens with zero attached hydrogens (tertiary/aromatic N) is 2. The van der Waals surface area contributed by atoms with Gasteiger partial charge in [-0.05, 0) is 19.1 Å². The highest BCUT2D eigenvalue weighted by Crippen LogP contribution is 2.24. The summed E-state index contributed by atoms with van der Waals surface area (Å²) in [7, 11) is 3.01. The number of benzene rings is 1. The molecule has 0 radical (unpaired) electrons. The van der Waals surface area contributed by atoms with E-state index in [9.17, 15) is 14.4 Å². The Morgan fingerprint density at radius 2 is 2.00 bits per heavy atom. The number of hydrogen-bond donors (Lipinski definition) is 2. The molecule has 10 nitrogen and oxygen atoms in total. The van der Waals surface area contributed by atoms with Crippen LogP contribution >= 0.6 is 0 Å². The Morgan fingerprint density at radius 1 is 1.20 bits per heavy atom. The van der Waals surface area contributed by atoms with E-state index >= 15 is 0 Å². The van der Waals surface area contributed by atoms with Gasteiger partial charge in [-0.1, -0.05) is 0 Å². The van der Waals surface area contributed by atoms with Crippen LogP contribution in [0.5, 0.6) is 5.75 Å². The lowest BCUT2D eigenvalue weighted by molar-refractivity contribution is 0.0932. The van der Waals surface area contributed by atoms with E-state index in [1.165, 1.54) is 25.0 Å². The van der Waals surface area contributed by atoms with Gasteiger partial charge in [0.1, 0.15) is 11.3 Å². The van der Waals surface area contributed by atoms with Gasteiger partial charge in [0.2, 0.25) is 0 Å². The Labute approximate surface area is 171 Å². The molecule has 0 unspecified atom stereocenters. The molecule has 0 fully saturated rings. The lowest BCUT2D eigenvalue weighted by Gasteiger charge is -2.08. The SMILES string of the molecule is CCn1cc(NC(=O)c2cc(=O)oc3cc(OC)ccc23)c(C(=O)NCCOC)n1. The quantitative estimate of drug-likeness (QED) is 0.424. The number of aromatic nitrogens is 2. The molecule has 2 N–H and O–H groups in total. The van der Waals surface area contributed by atoms with Crippen LogP contribution in [0, 0.1) is 0 Å². The summed E-state index contributed by atoms with van der Waals surface area (Å²) in [5.74, 6) is -0.529. The van der Waals surface area contributed by atoms with Gasteiger partial charge in [-0.15, -0.1) is 0 Å². The molecular formula is C20H22N4O6. The summed E-state index contributed by atoms with van der Waals surface area (Å²) in [6, 6.07) is 5.91. The molecule has 0 atom stereocenters. The molecule has 2 heterocycles. The first-order chi connectivity index (χ1) is 14.5. The maximum Gasteiger partial charge on any atom is 0.337 e. The van der Waals surface area contributed by atoms with Crippen molar-refractivity contribution in [3.05, 3.63) is 52.1 Å². The molecule has 0 aliphatic heterocycles. The Hall–Kier alpha value is -3.66. The third-order valence-electron chi connectivity index (χ3n) is 4.34. The van der Waals surface area contributed by atoms with Crippen LogP contribution < -0.4 is 21.0 Å². The van der Waals surface area contributed by atoms with Crippen molar-refractivity contribution in [3.8, 4) is 5.75 Å². The van der Waals surface area contributed by atoms with Gasteiger partial charge in [0.25, 0.3) is 11.8 Å². The number of aryl methyl sites for hydroxylation is 1. The summed E-state index contributed by atoms with van der Waals surface area (Å²) < 4.78 is 16.8. The van der Waals surface area contributed by atoms with Crippen LogP contribution in [-0.2, 0) is 11.3 Å². The first-order valence-electron chi connectivity index (χ1n) is 9.24. The highest BCUT2D eigenvalue weighted by molar-refractivity contribution is 6.13. The van der Waals surface area contributed by atoms with E-state index in [2.05, 4.69) is 15.7 Å². The molecule has 3 aromatic rings. The molecule has 0 bridgehead atoms. The molecule has 0 aliphatic rings. The van der Waals surface area contributed by atoms with E-state index in [4.69, 9.17) is 13.9 Å². The third kappa shape index (κ3) is 4.49. The average molecular weight is 414 g/mol. The average Bonchev–Trinajstić information content (AvgIpc) is 3.15. The molecule has 0 saturated heterocycles. The zero-order valence-corrected chi connectivity index (χ0v) is 16.9. The second-order valence-corrected chi connectivity index (χ2v) is 6.29. The minimum absolute atomic E-state index is 0.0650. The largest absolute Gasteiger partial charge is 0.497 e. The zero-order valence-electron chi connectivity index (χ0n) is 16.9. The summed E-state index contributed by atoms with van der Waals surface area (Å²) in [6.45, 7) is 3.01. The van der Waals surface area contributed by atoms with E-state index in [1.54, 1.807) is 18.3 Å². The van der Waals surface area contributed by atoms with Gasteiger partial charge in [0.15, 0.2) is 5.69 Å². The van der Waals surface area contributed by atoms with Crippen LogP contribution in [-0.4, -0.2) is 49.0 Å². The Kier molecular flexibility index (Phi) is 6.48. The zero-order chi connectivity index (χ0) is 21.7. The number of carbonyl (C=O) groups is 2. The van der Waals surface area contributed by atoms with Crippen LogP contribution in [0.3, 0.4) is 0 Å². The van der Waals surface area contributed by atoms with Crippen LogP contribution in [0.4, 0.5) is 5.69 Å². The fraction of sp³-hybridized carbons (Fsp3) is 0.300. The van der Waals surface area contributed by atoms with Gasteiger partial charge < -0.3 is 24.5 Å². The van der Waals surface area contributed by atoms with Crippen molar-refractivity contribution in [2.75, 3.05) is 32.7 Å². The predicted molar refractivity (Wildman–Crippen MR) is 109 cm³/mol. The molecule has 30 heavy (non-hydrogen) atoms. The number of ether oxygens (including phenoxy) is 2. The Balaban J connectivity index is 1.93. The van der Waals surface area contributed by atoms with E-state index in [0.717, 1.165) is 6.07 Å². The van der Waals surface area contributed by atoms with E-state index in [1.807, 2.05) is 6.92 Å². The second-order valence-electron chi connectivity index (χ2n) is 6.29. The number of hydrogen-bond acceptors (Lipinski definition) is 7. The summed E-state index contributed by atoms with van der Waals surface area (Å²) in [4.78, 5) is 37.4. The number of nitrogens with one attached hydrogen (secondary N) is 2. The van der Waals surface area contributed by atoms with Crippen LogP contribution in [0.25, 0.3) is 11.0 Å². The topological polar surface area (TPSA) is 125 Å². The standard InChI is InChI=1S/C20H22N4O6/c1-4-24-11-15(18(23-24)20(27)21-7-8-28-2)22-19(26)14-10-17(25)30-16-9-12(29-3)5-6-13(14)16/h5-6,9-11H,4,7-8H2,1-3H3,(H,21,27)(H,22,26). The molecule has 158 valence electrons. The van der Waals surface area contributed by atoms with Gasteiger partial charge in [0, 0.05) is 43.9 Å². The number of methoxy groups -OCH3 is 2. The molecular weight excluding hydrogens is 392 g/mol. The molecule has 0 aliphatic carbocycles. The summed E-state index contributed by atoms with van der Waals surface area (Å²) >= 11 is 0. The van der Waals surface area contributed by atoms with Gasteiger partial charge >= 0.3 is 5.63 Å². The molecule has 2 aromatic heterocycles. The predicted octanol–water partition coefficient (Wildman–Crippen LogP) is 1.65. The molecule has 0 saturated carbocycles. The Morgan fingerprint density at radius 3 is 2.70 bits per heavy atom. The van der Waals surface area contributed by atoms with Gasteiger partial charge in [-0.2, -0.15) is 5.10 Å². The van der Waals surface area contributed by atoms with Crippen LogP contribution in [0.15, 0.2) is 39.7 Å². The van der Waals surface area contributed by atoms with E-state index in [-0.39, 0.29) is 22.5 Å². The monoisotopic (exact) mass is 414 g/mol. The van der Waals surface area contributed by atoms with Gasteiger partial charge in [-0.25, -0.2) is 4.79 Å². The van der Waals surface area contributed by atoms with Crippen molar-refractivity contribution in [2.45, 2.75) is 13.5 Å². The van der Waals surface area contributed by atoms with Crippen molar-refractivity contribution in [2.24, 2.45) is 0 Å². The van der Waals surface area contributed by atoms with Crippen molar-refractivity contribution in [1.29, 1.82) is 0 Å². The van der Waals surface area contributed by atoms with Crippen molar-refractivity contribution in [3.63, 3.8) is 0 Å².